The molecule has 0 fully saturated rings. The number of hydrogen-bond acceptors (Lipinski definition) is 3. The molecule has 0 spiro atoms. The number of carbonyl (C=O) groups excluding carboxylic acids is 2. The minimum atomic E-state index is -0.787. The Kier molecular flexibility index (Phi) is 4.21. The van der Waals surface area contributed by atoms with E-state index < -0.39 is 17.7 Å². The van der Waals surface area contributed by atoms with E-state index in [1.165, 1.54) is 0 Å². The van der Waals surface area contributed by atoms with Crippen molar-refractivity contribution < 1.29 is 9.59 Å². The molecule has 5 nitrogen and oxygen atoms in total. The summed E-state index contributed by atoms with van der Waals surface area (Å²) in [6, 6.07) is 0. The first-order chi connectivity index (χ1) is 5.13. The molecule has 0 rings (SSSR count). The van der Waals surface area contributed by atoms with Crippen LogP contribution in [0.5, 0.6) is 0 Å². The molecule has 0 radical (unpaired) electrons. The molecule has 0 aromatic rings. The van der Waals surface area contributed by atoms with E-state index in [1.807, 2.05) is 12.3 Å². The van der Waals surface area contributed by atoms with Crippen LogP contribution in [0.4, 0.5) is 0 Å². The molecule has 0 aromatic heterocycles. The van der Waals surface area contributed by atoms with E-state index in [2.05, 4.69) is 0 Å². The Hall–Kier alpha value is -1.10. The summed E-state index contributed by atoms with van der Waals surface area (Å²) >= 11 is 0. The Bertz CT molecular complexity index is 158. The molecule has 0 aliphatic carbocycles. The Balaban J connectivity index is 4.09. The van der Waals surface area contributed by atoms with Gasteiger partial charge in [0, 0.05) is 0 Å². The van der Waals surface area contributed by atoms with Gasteiger partial charge in [0.1, 0.15) is 5.92 Å². The van der Waals surface area contributed by atoms with E-state index in [4.69, 9.17) is 11.6 Å². The monoisotopic (exact) mass is 159 g/mol. The van der Waals surface area contributed by atoms with Crippen LogP contribution in [-0.4, -0.2) is 11.8 Å². The number of primary amides is 1. The Morgan fingerprint density at radius 2 is 2.09 bits per heavy atom. The van der Waals surface area contributed by atoms with E-state index >= 15 is 0 Å². The van der Waals surface area contributed by atoms with Crippen molar-refractivity contribution in [2.75, 3.05) is 0 Å². The number of hydrazine groups is 1. The van der Waals surface area contributed by atoms with E-state index in [1.54, 1.807) is 0 Å². The molecule has 0 saturated heterocycles. The molecule has 0 aromatic carbocycles. The van der Waals surface area contributed by atoms with Gasteiger partial charge in [-0.05, 0) is 6.42 Å². The van der Waals surface area contributed by atoms with Crippen molar-refractivity contribution in [3.8, 4) is 0 Å². The molecule has 0 heterocycles. The zero-order chi connectivity index (χ0) is 8.85. The van der Waals surface area contributed by atoms with Crippen molar-refractivity contribution in [2.45, 2.75) is 19.8 Å². The van der Waals surface area contributed by atoms with Gasteiger partial charge in [-0.3, -0.25) is 15.0 Å². The zero-order valence-electron chi connectivity index (χ0n) is 6.46. The van der Waals surface area contributed by atoms with Crippen LogP contribution < -0.4 is 17.0 Å². The maximum absolute atomic E-state index is 10.8. The van der Waals surface area contributed by atoms with E-state index in [0.717, 1.165) is 6.42 Å². The number of nitrogens with one attached hydrogen (secondary N) is 1. The highest BCUT2D eigenvalue weighted by molar-refractivity contribution is 5.99. The summed E-state index contributed by atoms with van der Waals surface area (Å²) in [7, 11) is 0. The average molecular weight is 159 g/mol. The number of rotatable bonds is 4. The lowest BCUT2D eigenvalue weighted by atomic mass is 10.0. The first-order valence-corrected chi connectivity index (χ1v) is 3.43. The minimum Gasteiger partial charge on any atom is -0.369 e. The summed E-state index contributed by atoms with van der Waals surface area (Å²) in [4.78, 5) is 21.4. The quantitative estimate of drug-likeness (QED) is 0.210. The largest absolute Gasteiger partial charge is 0.369 e. The van der Waals surface area contributed by atoms with Crippen molar-refractivity contribution in [1.82, 2.24) is 5.43 Å². The first kappa shape index (κ1) is 9.90. The SMILES string of the molecule is CCC[C@@H](C(N)=O)C(=O)NN. The average Bonchev–Trinajstić information content (AvgIpc) is 1.98. The second kappa shape index (κ2) is 4.68. The van der Waals surface area contributed by atoms with Gasteiger partial charge in [-0.25, -0.2) is 5.84 Å². The molecule has 5 N–H and O–H groups in total. The summed E-state index contributed by atoms with van der Waals surface area (Å²) in [6.07, 6.45) is 1.17. The van der Waals surface area contributed by atoms with E-state index in [-0.39, 0.29) is 0 Å². The van der Waals surface area contributed by atoms with Crippen molar-refractivity contribution in [2.24, 2.45) is 17.5 Å². The van der Waals surface area contributed by atoms with E-state index in [0.29, 0.717) is 6.42 Å². The summed E-state index contributed by atoms with van der Waals surface area (Å²) in [6.45, 7) is 1.86. The smallest absolute Gasteiger partial charge is 0.246 e. The fourth-order valence-corrected chi connectivity index (χ4v) is 0.792. The Morgan fingerprint density at radius 3 is 2.36 bits per heavy atom. The van der Waals surface area contributed by atoms with Crippen molar-refractivity contribution in [3.05, 3.63) is 0 Å². The van der Waals surface area contributed by atoms with Crippen LogP contribution >= 0.6 is 0 Å². The van der Waals surface area contributed by atoms with Crippen LogP contribution in [0.3, 0.4) is 0 Å². The third-order valence-electron chi connectivity index (χ3n) is 1.38. The predicted molar refractivity (Wildman–Crippen MR) is 39.9 cm³/mol. The van der Waals surface area contributed by atoms with Crippen LogP contribution in [0.1, 0.15) is 19.8 Å². The highest BCUT2D eigenvalue weighted by Gasteiger charge is 2.21. The maximum atomic E-state index is 10.8. The topological polar surface area (TPSA) is 98.2 Å². The highest BCUT2D eigenvalue weighted by atomic mass is 16.2. The summed E-state index contributed by atoms with van der Waals surface area (Å²) in [5.41, 5.74) is 6.84. The lowest BCUT2D eigenvalue weighted by molar-refractivity contribution is -0.133. The predicted octanol–water partition coefficient (Wildman–Crippen LogP) is -1.12. The Morgan fingerprint density at radius 1 is 1.55 bits per heavy atom. The van der Waals surface area contributed by atoms with Gasteiger partial charge in [-0.1, -0.05) is 13.3 Å². The molecule has 2 amide bonds. The molecule has 5 heteroatoms. The summed E-state index contributed by atoms with van der Waals surface area (Å²) < 4.78 is 0. The standard InChI is InChI=1S/C6H13N3O2/c1-2-3-4(5(7)10)6(11)9-8/h4H,2-3,8H2,1H3,(H2,7,10)(H,9,11)/t4-/m0/s1. The molecule has 0 aliphatic heterocycles. The van der Waals surface area contributed by atoms with Gasteiger partial charge in [0.2, 0.25) is 11.8 Å². The highest BCUT2D eigenvalue weighted by Crippen LogP contribution is 2.04. The van der Waals surface area contributed by atoms with Gasteiger partial charge in [0.15, 0.2) is 0 Å². The minimum absolute atomic E-state index is 0.443. The van der Waals surface area contributed by atoms with Gasteiger partial charge in [0.25, 0.3) is 0 Å². The summed E-state index contributed by atoms with van der Waals surface area (Å²) in [5, 5.41) is 0. The Labute approximate surface area is 65.1 Å². The number of carbonyl (C=O) groups is 2. The second-order valence-corrected chi connectivity index (χ2v) is 2.25. The van der Waals surface area contributed by atoms with E-state index in [9.17, 15) is 9.59 Å². The lowest BCUT2D eigenvalue weighted by Crippen LogP contribution is -2.41. The molecule has 0 saturated carbocycles. The molecule has 0 bridgehead atoms. The lowest BCUT2D eigenvalue weighted by Gasteiger charge is -2.08. The third kappa shape index (κ3) is 2.99. The van der Waals surface area contributed by atoms with Gasteiger partial charge in [-0.2, -0.15) is 0 Å². The molecular weight excluding hydrogens is 146 g/mol. The van der Waals surface area contributed by atoms with Gasteiger partial charge < -0.3 is 5.73 Å². The van der Waals surface area contributed by atoms with Crippen LogP contribution in [-0.2, 0) is 9.59 Å². The van der Waals surface area contributed by atoms with Gasteiger partial charge >= 0.3 is 0 Å². The van der Waals surface area contributed by atoms with Gasteiger partial charge in [-0.15, -0.1) is 0 Å². The normalized spacial score (nSPS) is 12.2. The summed E-state index contributed by atoms with van der Waals surface area (Å²) in [5.74, 6) is 2.90. The van der Waals surface area contributed by atoms with Gasteiger partial charge in [0.05, 0.1) is 0 Å². The molecule has 1 atom stereocenters. The van der Waals surface area contributed by atoms with Crippen molar-refractivity contribution >= 4 is 11.8 Å². The first-order valence-electron chi connectivity index (χ1n) is 3.43. The number of amides is 2. The third-order valence-corrected chi connectivity index (χ3v) is 1.38. The second-order valence-electron chi connectivity index (χ2n) is 2.25. The van der Waals surface area contributed by atoms with Crippen molar-refractivity contribution in [1.29, 1.82) is 0 Å². The van der Waals surface area contributed by atoms with Crippen LogP contribution in [0.25, 0.3) is 0 Å². The molecule has 0 unspecified atom stereocenters. The molecule has 64 valence electrons. The van der Waals surface area contributed by atoms with Crippen molar-refractivity contribution in [3.63, 3.8) is 0 Å². The fraction of sp³-hybridized carbons (Fsp3) is 0.667. The van der Waals surface area contributed by atoms with Crippen LogP contribution in [0.2, 0.25) is 0 Å². The zero-order valence-corrected chi connectivity index (χ0v) is 6.46. The molecular formula is C6H13N3O2. The molecule has 0 aliphatic rings. The number of hydrogen-bond donors (Lipinski definition) is 3. The molecule has 11 heavy (non-hydrogen) atoms. The maximum Gasteiger partial charge on any atom is 0.246 e. The van der Waals surface area contributed by atoms with Crippen LogP contribution in [0.15, 0.2) is 0 Å². The number of nitrogens with two attached hydrogens (primary N) is 2. The van der Waals surface area contributed by atoms with Crippen LogP contribution in [0, 0.1) is 5.92 Å². The fourth-order valence-electron chi connectivity index (χ4n) is 0.792.